The minimum atomic E-state index is -4.41. The van der Waals surface area contributed by atoms with Crippen LogP contribution in [0.3, 0.4) is 0 Å². The van der Waals surface area contributed by atoms with Gasteiger partial charge in [0, 0.05) is 24.3 Å². The van der Waals surface area contributed by atoms with Crippen LogP contribution in [0, 0.1) is 0 Å². The Hall–Kier alpha value is -1.34. The predicted molar refractivity (Wildman–Crippen MR) is 79.6 cm³/mol. The largest absolute Gasteiger partial charge is 0.416 e. The third-order valence-corrected chi connectivity index (χ3v) is 3.58. The van der Waals surface area contributed by atoms with Gasteiger partial charge in [-0.15, -0.1) is 0 Å². The van der Waals surface area contributed by atoms with Crippen LogP contribution in [0.4, 0.5) is 18.9 Å². The van der Waals surface area contributed by atoms with E-state index in [-0.39, 0.29) is 16.2 Å². The third-order valence-electron chi connectivity index (χ3n) is 3.36. The van der Waals surface area contributed by atoms with Crippen molar-refractivity contribution in [3.05, 3.63) is 29.3 Å². The highest BCUT2D eigenvalue weighted by molar-refractivity contribution is 7.80. The molecule has 0 spiro atoms. The number of halogens is 3. The van der Waals surface area contributed by atoms with Gasteiger partial charge in [0.15, 0.2) is 0 Å². The summed E-state index contributed by atoms with van der Waals surface area (Å²) in [6.45, 7) is 5.52. The van der Waals surface area contributed by atoms with Gasteiger partial charge in [0.2, 0.25) is 0 Å². The fourth-order valence-corrected chi connectivity index (χ4v) is 2.57. The van der Waals surface area contributed by atoms with Crippen LogP contribution < -0.4 is 10.6 Å². The van der Waals surface area contributed by atoms with Crippen molar-refractivity contribution in [1.82, 2.24) is 0 Å². The smallest absolute Gasteiger partial charge is 0.389 e. The molecule has 1 aliphatic heterocycles. The van der Waals surface area contributed by atoms with Crippen LogP contribution >= 0.6 is 12.2 Å². The molecule has 21 heavy (non-hydrogen) atoms. The first kappa shape index (κ1) is 16.0. The maximum absolute atomic E-state index is 12.8. The molecule has 0 amide bonds. The van der Waals surface area contributed by atoms with E-state index in [1.807, 2.05) is 18.7 Å². The Morgan fingerprint density at radius 2 is 2.05 bits per heavy atom. The van der Waals surface area contributed by atoms with Gasteiger partial charge in [-0.2, -0.15) is 13.2 Å². The van der Waals surface area contributed by atoms with Crippen LogP contribution in [-0.4, -0.2) is 30.3 Å². The van der Waals surface area contributed by atoms with Gasteiger partial charge in [0.1, 0.15) is 4.99 Å². The minimum absolute atomic E-state index is 0.0413. The third kappa shape index (κ3) is 3.65. The summed E-state index contributed by atoms with van der Waals surface area (Å²) in [5, 5.41) is 0. The fourth-order valence-electron chi connectivity index (χ4n) is 2.41. The van der Waals surface area contributed by atoms with Crippen LogP contribution in [0.15, 0.2) is 18.2 Å². The summed E-state index contributed by atoms with van der Waals surface area (Å²) >= 11 is 4.91. The van der Waals surface area contributed by atoms with Crippen molar-refractivity contribution in [3.8, 4) is 0 Å². The van der Waals surface area contributed by atoms with Crippen molar-refractivity contribution in [2.75, 3.05) is 24.6 Å². The average Bonchev–Trinajstić information content (AvgIpc) is 2.35. The van der Waals surface area contributed by atoms with E-state index in [0.29, 0.717) is 25.4 Å². The molecule has 1 saturated heterocycles. The summed E-state index contributed by atoms with van der Waals surface area (Å²) < 4.78 is 44.0. The fraction of sp³-hybridized carbons (Fsp3) is 0.500. The number of rotatable bonds is 2. The zero-order chi connectivity index (χ0) is 15.8. The molecule has 0 aromatic heterocycles. The van der Waals surface area contributed by atoms with Crippen LogP contribution in [0.2, 0.25) is 0 Å². The molecule has 0 saturated carbocycles. The number of benzene rings is 1. The molecule has 0 atom stereocenters. The summed E-state index contributed by atoms with van der Waals surface area (Å²) in [5.41, 5.74) is 5.36. The number of hydrogen-bond acceptors (Lipinski definition) is 3. The van der Waals surface area contributed by atoms with E-state index in [2.05, 4.69) is 0 Å². The van der Waals surface area contributed by atoms with Gasteiger partial charge in [-0.1, -0.05) is 12.2 Å². The highest BCUT2D eigenvalue weighted by Gasteiger charge is 2.33. The van der Waals surface area contributed by atoms with Crippen LogP contribution in [0.1, 0.15) is 25.0 Å². The van der Waals surface area contributed by atoms with Crippen molar-refractivity contribution in [2.45, 2.75) is 25.6 Å². The van der Waals surface area contributed by atoms with Gasteiger partial charge in [-0.25, -0.2) is 0 Å². The normalized spacial score (nSPS) is 18.6. The second-order valence-corrected chi connectivity index (χ2v) is 6.06. The lowest BCUT2D eigenvalue weighted by molar-refractivity contribution is -0.137. The minimum Gasteiger partial charge on any atom is -0.389 e. The molecule has 0 radical (unpaired) electrons. The first-order chi connectivity index (χ1) is 9.60. The maximum Gasteiger partial charge on any atom is 0.416 e. The van der Waals surface area contributed by atoms with Crippen molar-refractivity contribution in [1.29, 1.82) is 0 Å². The molecule has 7 heteroatoms. The van der Waals surface area contributed by atoms with E-state index in [1.165, 1.54) is 6.07 Å². The molecule has 1 aromatic rings. The van der Waals surface area contributed by atoms with Gasteiger partial charge < -0.3 is 15.4 Å². The van der Waals surface area contributed by atoms with E-state index < -0.39 is 11.7 Å². The highest BCUT2D eigenvalue weighted by Crippen LogP contribution is 2.34. The molecule has 0 unspecified atom stereocenters. The second-order valence-electron chi connectivity index (χ2n) is 5.62. The SMILES string of the molecule is CC1(C)CN(c2ccc(C(F)(F)F)cc2C(N)=S)CCO1. The molecule has 3 nitrogen and oxygen atoms in total. The van der Waals surface area contributed by atoms with Crippen molar-refractivity contribution < 1.29 is 17.9 Å². The molecule has 2 N–H and O–H groups in total. The van der Waals surface area contributed by atoms with Gasteiger partial charge in [0.05, 0.1) is 17.8 Å². The monoisotopic (exact) mass is 318 g/mol. The Labute approximate surface area is 126 Å². The Morgan fingerprint density at radius 3 is 2.57 bits per heavy atom. The predicted octanol–water partition coefficient (Wildman–Crippen LogP) is 2.95. The first-order valence-corrected chi connectivity index (χ1v) is 6.91. The van der Waals surface area contributed by atoms with Crippen molar-refractivity contribution >= 4 is 22.9 Å². The van der Waals surface area contributed by atoms with Crippen LogP contribution in [-0.2, 0) is 10.9 Å². The zero-order valence-electron chi connectivity index (χ0n) is 11.8. The van der Waals surface area contributed by atoms with Crippen molar-refractivity contribution in [3.63, 3.8) is 0 Å². The standard InChI is InChI=1S/C14H17F3N2OS/c1-13(2)8-19(5-6-20-13)11-4-3-9(14(15,16)17)7-10(11)12(18)21/h3-4,7H,5-6,8H2,1-2H3,(H2,18,21). The first-order valence-electron chi connectivity index (χ1n) is 6.50. The number of ether oxygens (including phenoxy) is 1. The lowest BCUT2D eigenvalue weighted by atomic mass is 10.0. The van der Waals surface area contributed by atoms with E-state index in [9.17, 15) is 13.2 Å². The Balaban J connectivity index is 2.42. The number of morpholine rings is 1. The summed E-state index contributed by atoms with van der Waals surface area (Å²) in [5.74, 6) is 0. The molecule has 1 fully saturated rings. The van der Waals surface area contributed by atoms with Gasteiger partial charge in [0.25, 0.3) is 0 Å². The topological polar surface area (TPSA) is 38.5 Å². The van der Waals surface area contributed by atoms with E-state index in [0.717, 1.165) is 12.1 Å². The summed E-state index contributed by atoms with van der Waals surface area (Å²) in [7, 11) is 0. The highest BCUT2D eigenvalue weighted by atomic mass is 32.1. The lowest BCUT2D eigenvalue weighted by Crippen LogP contribution is -2.48. The summed E-state index contributed by atoms with van der Waals surface area (Å²) in [6, 6.07) is 3.50. The van der Waals surface area contributed by atoms with Gasteiger partial charge >= 0.3 is 6.18 Å². The van der Waals surface area contributed by atoms with E-state index >= 15 is 0 Å². The molecule has 1 aliphatic rings. The number of hydrogen-bond donors (Lipinski definition) is 1. The van der Waals surface area contributed by atoms with Crippen molar-refractivity contribution in [2.24, 2.45) is 5.73 Å². The second kappa shape index (κ2) is 5.46. The molecule has 0 bridgehead atoms. The molecule has 1 heterocycles. The maximum atomic E-state index is 12.8. The van der Waals surface area contributed by atoms with Gasteiger partial charge in [-0.05, 0) is 32.0 Å². The summed E-state index contributed by atoms with van der Waals surface area (Å²) in [6.07, 6.45) is -4.41. The Morgan fingerprint density at radius 1 is 1.38 bits per heavy atom. The number of anilines is 1. The number of nitrogens with zero attached hydrogens (tertiary/aromatic N) is 1. The molecule has 116 valence electrons. The summed E-state index contributed by atoms with van der Waals surface area (Å²) in [4.78, 5) is 1.92. The molecule has 1 aromatic carbocycles. The number of nitrogens with two attached hydrogens (primary N) is 1. The van der Waals surface area contributed by atoms with Gasteiger partial charge in [-0.3, -0.25) is 0 Å². The quantitative estimate of drug-likeness (QED) is 0.851. The number of thiocarbonyl (C=S) groups is 1. The van der Waals surface area contributed by atoms with E-state index in [4.69, 9.17) is 22.7 Å². The molecular formula is C14H17F3N2OS. The molecular weight excluding hydrogens is 301 g/mol. The van der Waals surface area contributed by atoms with Crippen LogP contribution in [0.5, 0.6) is 0 Å². The van der Waals surface area contributed by atoms with Crippen LogP contribution in [0.25, 0.3) is 0 Å². The average molecular weight is 318 g/mol. The lowest BCUT2D eigenvalue weighted by Gasteiger charge is -2.40. The Kier molecular flexibility index (Phi) is 4.17. The number of alkyl halides is 3. The Bertz CT molecular complexity index is 558. The zero-order valence-corrected chi connectivity index (χ0v) is 12.6. The molecule has 0 aliphatic carbocycles. The van der Waals surface area contributed by atoms with E-state index in [1.54, 1.807) is 0 Å². The molecule has 2 rings (SSSR count).